The van der Waals surface area contributed by atoms with E-state index < -0.39 is 0 Å². The fraction of sp³-hybridized carbons (Fsp3) is 0.250. The molecule has 0 unspecified atom stereocenters. The summed E-state index contributed by atoms with van der Waals surface area (Å²) in [6, 6.07) is 0. The first-order valence-corrected chi connectivity index (χ1v) is 3.87. The van der Waals surface area contributed by atoms with Gasteiger partial charge in [-0.05, 0) is 13.8 Å². The molecule has 2 aromatic rings. The van der Waals surface area contributed by atoms with E-state index in [1.165, 1.54) is 17.6 Å². The Morgan fingerprint density at radius 2 is 2.31 bits per heavy atom. The van der Waals surface area contributed by atoms with E-state index in [9.17, 15) is 4.79 Å². The molecule has 0 radical (unpaired) electrons. The predicted octanol–water partition coefficient (Wildman–Crippen LogP) is 0.635. The SMILES string of the molecule is CC(=O)c1cnc2nc(C)nn2c1. The largest absolute Gasteiger partial charge is 0.294 e. The van der Waals surface area contributed by atoms with Crippen LogP contribution in [0.25, 0.3) is 5.78 Å². The lowest BCUT2D eigenvalue weighted by Gasteiger charge is -1.93. The van der Waals surface area contributed by atoms with Gasteiger partial charge in [-0.25, -0.2) is 9.50 Å². The van der Waals surface area contributed by atoms with Gasteiger partial charge in [0, 0.05) is 12.4 Å². The van der Waals surface area contributed by atoms with Gasteiger partial charge in [0.1, 0.15) is 5.82 Å². The van der Waals surface area contributed by atoms with E-state index in [0.717, 1.165) is 0 Å². The van der Waals surface area contributed by atoms with Gasteiger partial charge in [-0.2, -0.15) is 10.1 Å². The van der Waals surface area contributed by atoms with Crippen molar-refractivity contribution >= 4 is 11.6 Å². The molecular weight excluding hydrogens is 168 g/mol. The second kappa shape index (κ2) is 2.62. The molecule has 0 bridgehead atoms. The molecule has 2 rings (SSSR count). The highest BCUT2D eigenvalue weighted by molar-refractivity contribution is 5.93. The first-order valence-electron chi connectivity index (χ1n) is 3.87. The van der Waals surface area contributed by atoms with Crippen molar-refractivity contribution in [2.24, 2.45) is 0 Å². The average molecular weight is 176 g/mol. The second-order valence-corrected chi connectivity index (χ2v) is 2.80. The van der Waals surface area contributed by atoms with Crippen LogP contribution in [0.4, 0.5) is 0 Å². The second-order valence-electron chi connectivity index (χ2n) is 2.80. The van der Waals surface area contributed by atoms with Crippen molar-refractivity contribution in [3.8, 4) is 0 Å². The Balaban J connectivity index is 2.67. The molecule has 2 heterocycles. The monoisotopic (exact) mass is 176 g/mol. The minimum Gasteiger partial charge on any atom is -0.294 e. The van der Waals surface area contributed by atoms with Gasteiger partial charge in [0.05, 0.1) is 5.56 Å². The summed E-state index contributed by atoms with van der Waals surface area (Å²) in [7, 11) is 0. The molecule has 0 amide bonds. The minimum atomic E-state index is -0.0254. The summed E-state index contributed by atoms with van der Waals surface area (Å²) in [5, 5.41) is 4.05. The third kappa shape index (κ3) is 1.28. The van der Waals surface area contributed by atoms with Crippen LogP contribution in [0.2, 0.25) is 0 Å². The number of fused-ring (bicyclic) bond motifs is 1. The van der Waals surface area contributed by atoms with Gasteiger partial charge in [-0.15, -0.1) is 0 Å². The Morgan fingerprint density at radius 1 is 1.54 bits per heavy atom. The lowest BCUT2D eigenvalue weighted by molar-refractivity contribution is 0.101. The number of rotatable bonds is 1. The van der Waals surface area contributed by atoms with E-state index in [0.29, 0.717) is 17.2 Å². The molecular formula is C8H8N4O. The summed E-state index contributed by atoms with van der Waals surface area (Å²) in [6.07, 6.45) is 3.14. The summed E-state index contributed by atoms with van der Waals surface area (Å²) in [4.78, 5) is 19.0. The van der Waals surface area contributed by atoms with Gasteiger partial charge in [0.2, 0.25) is 0 Å². The highest BCUT2D eigenvalue weighted by atomic mass is 16.1. The molecule has 5 nitrogen and oxygen atoms in total. The molecule has 13 heavy (non-hydrogen) atoms. The van der Waals surface area contributed by atoms with Crippen molar-refractivity contribution in [2.75, 3.05) is 0 Å². The zero-order chi connectivity index (χ0) is 9.42. The molecule has 0 saturated carbocycles. The van der Waals surface area contributed by atoms with Crippen molar-refractivity contribution in [1.29, 1.82) is 0 Å². The maximum Gasteiger partial charge on any atom is 0.252 e. The molecule has 0 saturated heterocycles. The van der Waals surface area contributed by atoms with E-state index in [-0.39, 0.29) is 5.78 Å². The van der Waals surface area contributed by atoms with Gasteiger partial charge in [-0.1, -0.05) is 0 Å². The Morgan fingerprint density at radius 3 is 3.00 bits per heavy atom. The molecule has 5 heteroatoms. The van der Waals surface area contributed by atoms with E-state index >= 15 is 0 Å². The summed E-state index contributed by atoms with van der Waals surface area (Å²) < 4.78 is 1.51. The van der Waals surface area contributed by atoms with Crippen LogP contribution in [0.1, 0.15) is 23.1 Å². The summed E-state index contributed by atoms with van der Waals surface area (Å²) in [5.41, 5.74) is 0.539. The van der Waals surface area contributed by atoms with Gasteiger partial charge < -0.3 is 0 Å². The normalized spacial score (nSPS) is 10.6. The molecule has 0 aromatic carbocycles. The number of hydrogen-bond donors (Lipinski definition) is 0. The van der Waals surface area contributed by atoms with Crippen LogP contribution < -0.4 is 0 Å². The third-order valence-corrected chi connectivity index (χ3v) is 1.71. The number of aryl methyl sites for hydroxylation is 1. The molecule has 0 fully saturated rings. The summed E-state index contributed by atoms with van der Waals surface area (Å²) >= 11 is 0. The van der Waals surface area contributed by atoms with Crippen molar-refractivity contribution in [1.82, 2.24) is 19.6 Å². The van der Waals surface area contributed by atoms with E-state index in [1.807, 2.05) is 0 Å². The zero-order valence-electron chi connectivity index (χ0n) is 7.35. The topological polar surface area (TPSA) is 60.2 Å². The Hall–Kier alpha value is -1.78. The van der Waals surface area contributed by atoms with Gasteiger partial charge in [0.15, 0.2) is 5.78 Å². The Kier molecular flexibility index (Phi) is 1.58. The van der Waals surface area contributed by atoms with Crippen molar-refractivity contribution < 1.29 is 4.79 Å². The molecule has 0 aliphatic heterocycles. The van der Waals surface area contributed by atoms with E-state index in [4.69, 9.17) is 0 Å². The Labute approximate surface area is 74.4 Å². The highest BCUT2D eigenvalue weighted by Gasteiger charge is 2.04. The molecule has 0 spiro atoms. The molecule has 0 atom stereocenters. The highest BCUT2D eigenvalue weighted by Crippen LogP contribution is 2.01. The van der Waals surface area contributed by atoms with Crippen LogP contribution in [0, 0.1) is 6.92 Å². The van der Waals surface area contributed by atoms with Crippen LogP contribution in [-0.4, -0.2) is 25.4 Å². The smallest absolute Gasteiger partial charge is 0.252 e. The number of hydrogen-bond acceptors (Lipinski definition) is 4. The number of ketones is 1. The summed E-state index contributed by atoms with van der Waals surface area (Å²) in [6.45, 7) is 3.27. The fourth-order valence-corrected chi connectivity index (χ4v) is 1.07. The number of aromatic nitrogens is 4. The maximum atomic E-state index is 11.0. The molecule has 2 aromatic heterocycles. The van der Waals surface area contributed by atoms with Gasteiger partial charge >= 0.3 is 0 Å². The van der Waals surface area contributed by atoms with Crippen LogP contribution >= 0.6 is 0 Å². The van der Waals surface area contributed by atoms with Gasteiger partial charge in [-0.3, -0.25) is 4.79 Å². The lowest BCUT2D eigenvalue weighted by Crippen LogP contribution is -1.98. The zero-order valence-corrected chi connectivity index (χ0v) is 7.35. The van der Waals surface area contributed by atoms with E-state index in [1.54, 1.807) is 13.1 Å². The molecule has 0 aliphatic rings. The third-order valence-electron chi connectivity index (χ3n) is 1.71. The number of Topliss-reactive ketones (excluding diaryl/α,β-unsaturated/α-hetero) is 1. The number of nitrogens with zero attached hydrogens (tertiary/aromatic N) is 4. The van der Waals surface area contributed by atoms with Gasteiger partial charge in [0.25, 0.3) is 5.78 Å². The molecule has 0 aliphatic carbocycles. The first-order chi connectivity index (χ1) is 6.16. The van der Waals surface area contributed by atoms with E-state index in [2.05, 4.69) is 15.1 Å². The lowest BCUT2D eigenvalue weighted by atomic mass is 10.2. The number of carbonyl (C=O) groups is 1. The minimum absolute atomic E-state index is 0.0254. The van der Waals surface area contributed by atoms with Crippen LogP contribution in [0.3, 0.4) is 0 Å². The van der Waals surface area contributed by atoms with Crippen LogP contribution in [-0.2, 0) is 0 Å². The van der Waals surface area contributed by atoms with Crippen molar-refractivity contribution in [3.63, 3.8) is 0 Å². The average Bonchev–Trinajstić information content (AvgIpc) is 2.42. The standard InChI is InChI=1S/C8H8N4O/c1-5(13)7-3-9-8-10-6(2)11-12(8)4-7/h3-4H,1-2H3. The molecule has 0 N–H and O–H groups in total. The van der Waals surface area contributed by atoms with Crippen LogP contribution in [0.5, 0.6) is 0 Å². The number of carbonyl (C=O) groups excluding carboxylic acids is 1. The van der Waals surface area contributed by atoms with Crippen LogP contribution in [0.15, 0.2) is 12.4 Å². The first kappa shape index (κ1) is 7.85. The quantitative estimate of drug-likeness (QED) is 0.598. The fourth-order valence-electron chi connectivity index (χ4n) is 1.07. The molecule has 66 valence electrons. The Bertz CT molecular complexity index is 474. The predicted molar refractivity (Wildman–Crippen MR) is 45.5 cm³/mol. The van der Waals surface area contributed by atoms with Crippen molar-refractivity contribution in [2.45, 2.75) is 13.8 Å². The summed E-state index contributed by atoms with van der Waals surface area (Å²) in [5.74, 6) is 1.14. The maximum absolute atomic E-state index is 11.0. The van der Waals surface area contributed by atoms with Crippen molar-refractivity contribution in [3.05, 3.63) is 23.8 Å².